The largest absolute Gasteiger partial charge is 0.368 e. The van der Waals surface area contributed by atoms with E-state index in [-0.39, 0.29) is 18.6 Å². The lowest BCUT2D eigenvalue weighted by Crippen LogP contribution is -2.58. The quantitative estimate of drug-likeness (QED) is 0.438. The maximum Gasteiger partial charge on any atom is 0.245 e. The number of hydrogen-bond donors (Lipinski definition) is 3. The molecule has 1 aromatic carbocycles. The van der Waals surface area contributed by atoms with E-state index < -0.39 is 11.4 Å². The SMILES string of the molecule is CCN(CC)CCCn1cc(CC(=O)[C@](N)(CCCN)C(N)=O)c2ccccc21. The summed E-state index contributed by atoms with van der Waals surface area (Å²) in [5, 5.41) is 1.01. The molecule has 7 nitrogen and oxygen atoms in total. The van der Waals surface area contributed by atoms with Gasteiger partial charge in [0.2, 0.25) is 5.91 Å². The Balaban J connectivity index is 2.22. The second-order valence-corrected chi connectivity index (χ2v) is 7.57. The molecular weight excluding hydrogens is 366 g/mol. The predicted octanol–water partition coefficient (Wildman–Crippen LogP) is 1.41. The van der Waals surface area contributed by atoms with E-state index in [1.165, 1.54) is 0 Å². The normalized spacial score (nSPS) is 13.7. The third-order valence-electron chi connectivity index (χ3n) is 5.70. The molecule has 0 saturated carbocycles. The molecule has 0 aliphatic rings. The minimum absolute atomic E-state index is 0.0770. The van der Waals surface area contributed by atoms with Crippen molar-refractivity contribution in [2.75, 3.05) is 26.2 Å². The molecule has 2 rings (SSSR count). The number of primary amides is 1. The molecule has 0 bridgehead atoms. The van der Waals surface area contributed by atoms with Gasteiger partial charge in [0.05, 0.1) is 0 Å². The lowest BCUT2D eigenvalue weighted by atomic mass is 9.85. The third-order valence-corrected chi connectivity index (χ3v) is 5.70. The van der Waals surface area contributed by atoms with Crippen LogP contribution < -0.4 is 17.2 Å². The van der Waals surface area contributed by atoms with Crippen molar-refractivity contribution in [1.29, 1.82) is 0 Å². The summed E-state index contributed by atoms with van der Waals surface area (Å²) in [6, 6.07) is 8.00. The van der Waals surface area contributed by atoms with Gasteiger partial charge in [-0.25, -0.2) is 0 Å². The summed E-state index contributed by atoms with van der Waals surface area (Å²) in [6.07, 6.45) is 3.74. The van der Waals surface area contributed by atoms with Crippen LogP contribution in [0, 0.1) is 0 Å². The highest BCUT2D eigenvalue weighted by atomic mass is 16.2. The van der Waals surface area contributed by atoms with Crippen molar-refractivity contribution in [1.82, 2.24) is 9.47 Å². The number of nitrogens with zero attached hydrogens (tertiary/aromatic N) is 2. The van der Waals surface area contributed by atoms with Crippen LogP contribution in [0.25, 0.3) is 10.9 Å². The van der Waals surface area contributed by atoms with Crippen LogP contribution >= 0.6 is 0 Å². The molecule has 1 aromatic heterocycles. The summed E-state index contributed by atoms with van der Waals surface area (Å²) in [6.45, 7) is 8.66. The van der Waals surface area contributed by atoms with E-state index in [2.05, 4.69) is 29.4 Å². The fourth-order valence-corrected chi connectivity index (χ4v) is 3.76. The van der Waals surface area contributed by atoms with Gasteiger partial charge in [0.1, 0.15) is 0 Å². The van der Waals surface area contributed by atoms with Gasteiger partial charge in [0, 0.05) is 30.1 Å². The van der Waals surface area contributed by atoms with Gasteiger partial charge in [-0.2, -0.15) is 0 Å². The smallest absolute Gasteiger partial charge is 0.245 e. The molecular formula is C22H35N5O2. The summed E-state index contributed by atoms with van der Waals surface area (Å²) in [4.78, 5) is 27.2. The molecule has 0 saturated heterocycles. The zero-order valence-electron chi connectivity index (χ0n) is 17.7. The predicted molar refractivity (Wildman–Crippen MR) is 117 cm³/mol. The van der Waals surface area contributed by atoms with Crippen LogP contribution in [-0.4, -0.2) is 52.9 Å². The number of rotatable bonds is 13. The Hall–Kier alpha value is -2.22. The summed E-state index contributed by atoms with van der Waals surface area (Å²) in [5.41, 5.74) is 17.4. The first kappa shape index (κ1) is 23.1. The number of fused-ring (bicyclic) bond motifs is 1. The van der Waals surface area contributed by atoms with Crippen LogP contribution in [0.3, 0.4) is 0 Å². The standard InChI is InChI=1S/C22H35N5O2/c1-3-26(4-2)13-8-14-27-16-17(18-9-5-6-10-19(18)27)15-20(28)22(25,21(24)29)11-7-12-23/h5-6,9-10,16H,3-4,7-8,11-15,23,25H2,1-2H3,(H2,24,29)/t22-/m1/s1. The molecule has 0 radical (unpaired) electrons. The topological polar surface area (TPSA) is 120 Å². The fraction of sp³-hybridized carbons (Fsp3) is 0.545. The van der Waals surface area contributed by atoms with E-state index in [1.807, 2.05) is 24.4 Å². The molecule has 0 unspecified atom stereocenters. The van der Waals surface area contributed by atoms with Gasteiger partial charge in [-0.3, -0.25) is 9.59 Å². The maximum atomic E-state index is 12.9. The maximum absolute atomic E-state index is 12.9. The van der Waals surface area contributed by atoms with Crippen LogP contribution in [0.5, 0.6) is 0 Å². The minimum atomic E-state index is -1.68. The zero-order chi connectivity index (χ0) is 21.4. The molecule has 6 N–H and O–H groups in total. The number of carbonyl (C=O) groups excluding carboxylic acids is 2. The lowest BCUT2D eigenvalue weighted by Gasteiger charge is -2.24. The van der Waals surface area contributed by atoms with Gasteiger partial charge in [-0.1, -0.05) is 32.0 Å². The summed E-state index contributed by atoms with van der Waals surface area (Å²) >= 11 is 0. The number of nitrogens with two attached hydrogens (primary N) is 3. The number of carbonyl (C=O) groups is 2. The average molecular weight is 402 g/mol. The van der Waals surface area contributed by atoms with Crippen molar-refractivity contribution < 1.29 is 9.59 Å². The molecule has 29 heavy (non-hydrogen) atoms. The first-order valence-corrected chi connectivity index (χ1v) is 10.5. The summed E-state index contributed by atoms with van der Waals surface area (Å²) < 4.78 is 2.18. The molecule has 1 heterocycles. The van der Waals surface area contributed by atoms with Crippen LogP contribution in [-0.2, 0) is 22.6 Å². The Morgan fingerprint density at radius 1 is 1.14 bits per heavy atom. The van der Waals surface area contributed by atoms with Gasteiger partial charge in [0.25, 0.3) is 0 Å². The molecule has 7 heteroatoms. The van der Waals surface area contributed by atoms with E-state index in [0.29, 0.717) is 13.0 Å². The van der Waals surface area contributed by atoms with Gasteiger partial charge in [-0.15, -0.1) is 0 Å². The lowest BCUT2D eigenvalue weighted by molar-refractivity contribution is -0.134. The highest BCUT2D eigenvalue weighted by Gasteiger charge is 2.39. The molecule has 160 valence electrons. The number of aromatic nitrogens is 1. The molecule has 0 aliphatic heterocycles. The Morgan fingerprint density at radius 2 is 1.83 bits per heavy atom. The molecule has 0 fully saturated rings. The number of hydrogen-bond acceptors (Lipinski definition) is 5. The van der Waals surface area contributed by atoms with E-state index in [1.54, 1.807) is 0 Å². The van der Waals surface area contributed by atoms with Crippen LogP contribution in [0.2, 0.25) is 0 Å². The summed E-state index contributed by atoms with van der Waals surface area (Å²) in [5.74, 6) is -1.15. The Labute approximate surface area is 173 Å². The van der Waals surface area contributed by atoms with Crippen LogP contribution in [0.15, 0.2) is 30.5 Å². The number of aryl methyl sites for hydroxylation is 1. The Bertz CT molecular complexity index is 828. The van der Waals surface area contributed by atoms with E-state index in [0.717, 1.165) is 49.1 Å². The minimum Gasteiger partial charge on any atom is -0.368 e. The van der Waals surface area contributed by atoms with Crippen molar-refractivity contribution in [2.24, 2.45) is 17.2 Å². The average Bonchev–Trinajstić information content (AvgIpc) is 3.06. The molecule has 0 spiro atoms. The Morgan fingerprint density at radius 3 is 2.45 bits per heavy atom. The second-order valence-electron chi connectivity index (χ2n) is 7.57. The first-order chi connectivity index (χ1) is 13.9. The summed E-state index contributed by atoms with van der Waals surface area (Å²) in [7, 11) is 0. The molecule has 0 aliphatic carbocycles. The van der Waals surface area contributed by atoms with Crippen molar-refractivity contribution in [3.8, 4) is 0 Å². The van der Waals surface area contributed by atoms with Gasteiger partial charge in [0.15, 0.2) is 11.3 Å². The van der Waals surface area contributed by atoms with Crippen LogP contribution in [0.4, 0.5) is 0 Å². The van der Waals surface area contributed by atoms with Crippen molar-refractivity contribution in [3.05, 3.63) is 36.0 Å². The van der Waals surface area contributed by atoms with Gasteiger partial charge in [-0.05, 0) is 57.1 Å². The van der Waals surface area contributed by atoms with Crippen molar-refractivity contribution in [3.63, 3.8) is 0 Å². The molecule has 2 aromatic rings. The van der Waals surface area contributed by atoms with Crippen molar-refractivity contribution >= 4 is 22.6 Å². The second kappa shape index (κ2) is 10.5. The fourth-order valence-electron chi connectivity index (χ4n) is 3.76. The third kappa shape index (κ3) is 5.44. The van der Waals surface area contributed by atoms with E-state index >= 15 is 0 Å². The van der Waals surface area contributed by atoms with Crippen LogP contribution in [0.1, 0.15) is 38.7 Å². The Kier molecular flexibility index (Phi) is 8.37. The van der Waals surface area contributed by atoms with Gasteiger partial charge < -0.3 is 26.7 Å². The number of para-hydroxylation sites is 1. The number of amides is 1. The first-order valence-electron chi connectivity index (χ1n) is 10.5. The number of ketones is 1. The molecule has 1 atom stereocenters. The van der Waals surface area contributed by atoms with E-state index in [9.17, 15) is 9.59 Å². The van der Waals surface area contributed by atoms with Crippen molar-refractivity contribution in [2.45, 2.75) is 51.6 Å². The number of benzene rings is 1. The number of Topliss-reactive ketones (excluding diaryl/α,β-unsaturated/α-hetero) is 1. The molecule has 1 amide bonds. The highest BCUT2D eigenvalue weighted by molar-refractivity contribution is 6.11. The highest BCUT2D eigenvalue weighted by Crippen LogP contribution is 2.24. The van der Waals surface area contributed by atoms with E-state index in [4.69, 9.17) is 17.2 Å². The van der Waals surface area contributed by atoms with Gasteiger partial charge >= 0.3 is 0 Å². The monoisotopic (exact) mass is 401 g/mol. The zero-order valence-corrected chi connectivity index (χ0v) is 17.7.